The molecule has 0 aliphatic heterocycles. The monoisotopic (exact) mass is 401 g/mol. The second-order valence-electron chi connectivity index (χ2n) is 6.30. The fourth-order valence-corrected chi connectivity index (χ4v) is 3.59. The molecule has 1 amide bonds. The van der Waals surface area contributed by atoms with E-state index in [0.29, 0.717) is 16.7 Å². The fourth-order valence-electron chi connectivity index (χ4n) is 2.84. The predicted octanol–water partition coefficient (Wildman–Crippen LogP) is 4.25. The Balaban J connectivity index is 1.60. The van der Waals surface area contributed by atoms with Gasteiger partial charge in [0.05, 0.1) is 5.75 Å². The van der Waals surface area contributed by atoms with Crippen molar-refractivity contribution >= 4 is 29.0 Å². The molecule has 0 saturated carbocycles. The lowest BCUT2D eigenvalue weighted by molar-refractivity contribution is -0.113. The molecule has 1 aromatic heterocycles. The summed E-state index contributed by atoms with van der Waals surface area (Å²) in [5, 5.41) is 12.2. The third-order valence-electron chi connectivity index (χ3n) is 4.21. The van der Waals surface area contributed by atoms with E-state index in [1.54, 1.807) is 0 Å². The number of nitrogens with two attached hydrogens (primary N) is 1. The van der Waals surface area contributed by atoms with Gasteiger partial charge in [-0.05, 0) is 48.5 Å². The molecule has 6 nitrogen and oxygen atoms in total. The maximum Gasteiger partial charge on any atom is 0.234 e. The van der Waals surface area contributed by atoms with Crippen molar-refractivity contribution < 1.29 is 4.79 Å². The number of thioether (sulfide) groups is 1. The molecule has 0 bridgehead atoms. The molecule has 0 aliphatic rings. The maximum absolute atomic E-state index is 12.3. The van der Waals surface area contributed by atoms with E-state index in [1.165, 1.54) is 11.8 Å². The number of hydrogen-bond acceptors (Lipinski definition) is 5. The molecule has 144 valence electrons. The highest BCUT2D eigenvalue weighted by Gasteiger charge is 2.17. The van der Waals surface area contributed by atoms with Crippen molar-refractivity contribution in [3.63, 3.8) is 0 Å². The molecule has 0 spiro atoms. The number of benzene rings is 3. The number of hydrogen-bond donors (Lipinski definition) is 2. The van der Waals surface area contributed by atoms with Crippen LogP contribution in [0.1, 0.15) is 0 Å². The first-order valence-corrected chi connectivity index (χ1v) is 10.0. The predicted molar refractivity (Wildman–Crippen MR) is 117 cm³/mol. The third kappa shape index (κ3) is 4.47. The minimum absolute atomic E-state index is 0.0992. The number of carbonyl (C=O) groups is 1. The third-order valence-corrected chi connectivity index (χ3v) is 5.14. The summed E-state index contributed by atoms with van der Waals surface area (Å²) < 4.78 is 1.95. The summed E-state index contributed by atoms with van der Waals surface area (Å²) in [6.07, 6.45) is 0. The van der Waals surface area contributed by atoms with E-state index in [4.69, 9.17) is 5.73 Å². The Kier molecular flexibility index (Phi) is 5.58. The summed E-state index contributed by atoms with van der Waals surface area (Å²) in [5.74, 6) is 0.821. The molecule has 0 fully saturated rings. The fraction of sp³-hybridized carbons (Fsp3) is 0.0455. The standard InChI is InChI=1S/C22H19N5OS/c23-17-13-11-16(12-14-17)21-25-26-22(27(21)19-9-5-2-6-10-19)29-15-20(28)24-18-7-3-1-4-8-18/h1-14H,15,23H2,(H,24,28). The van der Waals surface area contributed by atoms with E-state index in [1.807, 2.05) is 89.5 Å². The summed E-state index contributed by atoms with van der Waals surface area (Å²) in [7, 11) is 0. The molecule has 4 aromatic rings. The number of nitrogens with zero attached hydrogens (tertiary/aromatic N) is 3. The van der Waals surface area contributed by atoms with E-state index >= 15 is 0 Å². The SMILES string of the molecule is Nc1ccc(-c2nnc(SCC(=O)Nc3ccccc3)n2-c2ccccc2)cc1. The van der Waals surface area contributed by atoms with Gasteiger partial charge in [0, 0.05) is 22.6 Å². The Morgan fingerprint density at radius 1 is 0.897 bits per heavy atom. The van der Waals surface area contributed by atoms with Gasteiger partial charge in [0.2, 0.25) is 5.91 Å². The molecule has 1 heterocycles. The number of amides is 1. The smallest absolute Gasteiger partial charge is 0.234 e. The zero-order valence-corrected chi connectivity index (χ0v) is 16.3. The average Bonchev–Trinajstić information content (AvgIpc) is 3.18. The van der Waals surface area contributed by atoms with E-state index in [-0.39, 0.29) is 11.7 Å². The highest BCUT2D eigenvalue weighted by atomic mass is 32.2. The lowest BCUT2D eigenvalue weighted by Gasteiger charge is -2.10. The van der Waals surface area contributed by atoms with E-state index < -0.39 is 0 Å². The van der Waals surface area contributed by atoms with Crippen LogP contribution in [-0.4, -0.2) is 26.4 Å². The molecular formula is C22H19N5OS. The molecule has 4 rings (SSSR count). The number of para-hydroxylation sites is 2. The first-order valence-electron chi connectivity index (χ1n) is 9.05. The Labute approximate surface area is 172 Å². The summed E-state index contributed by atoms with van der Waals surface area (Å²) in [6.45, 7) is 0. The first-order chi connectivity index (χ1) is 14.2. The number of nitrogen functional groups attached to an aromatic ring is 1. The van der Waals surface area contributed by atoms with Gasteiger partial charge in [-0.2, -0.15) is 0 Å². The number of anilines is 2. The summed E-state index contributed by atoms with van der Waals surface area (Å²) in [5.41, 5.74) is 9.09. The lowest BCUT2D eigenvalue weighted by atomic mass is 10.2. The van der Waals surface area contributed by atoms with Gasteiger partial charge in [-0.15, -0.1) is 10.2 Å². The van der Waals surface area contributed by atoms with E-state index in [0.717, 1.165) is 16.9 Å². The summed E-state index contributed by atoms with van der Waals surface area (Å²) >= 11 is 1.34. The van der Waals surface area contributed by atoms with Gasteiger partial charge >= 0.3 is 0 Å². The van der Waals surface area contributed by atoms with Crippen LogP contribution in [0.15, 0.2) is 90.1 Å². The van der Waals surface area contributed by atoms with Crippen LogP contribution in [0.25, 0.3) is 17.1 Å². The zero-order valence-electron chi connectivity index (χ0n) is 15.5. The van der Waals surface area contributed by atoms with E-state index in [2.05, 4.69) is 15.5 Å². The second kappa shape index (κ2) is 8.62. The first kappa shape index (κ1) is 18.8. The molecule has 7 heteroatoms. The summed E-state index contributed by atoms with van der Waals surface area (Å²) in [4.78, 5) is 12.3. The maximum atomic E-state index is 12.3. The van der Waals surface area contributed by atoms with Crippen molar-refractivity contribution in [3.8, 4) is 17.1 Å². The molecular weight excluding hydrogens is 382 g/mol. The minimum Gasteiger partial charge on any atom is -0.399 e. The van der Waals surface area contributed by atoms with Crippen molar-refractivity contribution in [3.05, 3.63) is 84.9 Å². The Hall–Kier alpha value is -3.58. The number of nitrogens with one attached hydrogen (secondary N) is 1. The Morgan fingerprint density at radius 3 is 2.24 bits per heavy atom. The zero-order chi connectivity index (χ0) is 20.1. The average molecular weight is 401 g/mol. The quantitative estimate of drug-likeness (QED) is 0.373. The molecule has 3 aromatic carbocycles. The van der Waals surface area contributed by atoms with Gasteiger partial charge in [-0.25, -0.2) is 0 Å². The van der Waals surface area contributed by atoms with Crippen LogP contribution in [0.3, 0.4) is 0 Å². The number of rotatable bonds is 6. The minimum atomic E-state index is -0.0992. The summed E-state index contributed by atoms with van der Waals surface area (Å²) in [6, 6.07) is 26.7. The normalized spacial score (nSPS) is 10.6. The topological polar surface area (TPSA) is 85.8 Å². The largest absolute Gasteiger partial charge is 0.399 e. The van der Waals surface area contributed by atoms with Gasteiger partial charge in [-0.3, -0.25) is 9.36 Å². The molecule has 0 saturated heterocycles. The number of aromatic nitrogens is 3. The molecule has 0 aliphatic carbocycles. The van der Waals surface area contributed by atoms with Crippen molar-refractivity contribution in [2.45, 2.75) is 5.16 Å². The van der Waals surface area contributed by atoms with Crippen LogP contribution < -0.4 is 11.1 Å². The number of carbonyl (C=O) groups excluding carboxylic acids is 1. The van der Waals surface area contributed by atoms with Gasteiger partial charge in [0.25, 0.3) is 0 Å². The van der Waals surface area contributed by atoms with Crippen LogP contribution in [0.4, 0.5) is 11.4 Å². The Morgan fingerprint density at radius 2 is 1.55 bits per heavy atom. The van der Waals surface area contributed by atoms with Crippen molar-refractivity contribution in [2.75, 3.05) is 16.8 Å². The van der Waals surface area contributed by atoms with Crippen LogP contribution in [0, 0.1) is 0 Å². The van der Waals surface area contributed by atoms with Crippen LogP contribution in [0.5, 0.6) is 0 Å². The van der Waals surface area contributed by atoms with Gasteiger partial charge < -0.3 is 11.1 Å². The van der Waals surface area contributed by atoms with Gasteiger partial charge in [0.15, 0.2) is 11.0 Å². The van der Waals surface area contributed by atoms with Crippen LogP contribution in [-0.2, 0) is 4.79 Å². The van der Waals surface area contributed by atoms with Crippen molar-refractivity contribution in [1.82, 2.24) is 14.8 Å². The lowest BCUT2D eigenvalue weighted by Crippen LogP contribution is -2.14. The van der Waals surface area contributed by atoms with Crippen molar-refractivity contribution in [1.29, 1.82) is 0 Å². The molecule has 29 heavy (non-hydrogen) atoms. The highest BCUT2D eigenvalue weighted by Crippen LogP contribution is 2.28. The second-order valence-corrected chi connectivity index (χ2v) is 7.24. The molecule has 0 atom stereocenters. The van der Waals surface area contributed by atoms with Crippen LogP contribution in [0.2, 0.25) is 0 Å². The Bertz CT molecular complexity index is 1100. The van der Waals surface area contributed by atoms with Gasteiger partial charge in [-0.1, -0.05) is 48.2 Å². The van der Waals surface area contributed by atoms with Gasteiger partial charge in [0.1, 0.15) is 0 Å². The molecule has 3 N–H and O–H groups in total. The van der Waals surface area contributed by atoms with E-state index in [9.17, 15) is 4.79 Å². The molecule has 0 radical (unpaired) electrons. The van der Waals surface area contributed by atoms with Crippen molar-refractivity contribution in [2.24, 2.45) is 0 Å². The van der Waals surface area contributed by atoms with Crippen LogP contribution >= 0.6 is 11.8 Å². The highest BCUT2D eigenvalue weighted by molar-refractivity contribution is 7.99. The molecule has 0 unspecified atom stereocenters.